The summed E-state index contributed by atoms with van der Waals surface area (Å²) in [5.74, 6) is 1.07. The van der Waals surface area contributed by atoms with Crippen LogP contribution in [0.4, 0.5) is 0 Å². The molecule has 0 atom stereocenters. The molecule has 0 aliphatic heterocycles. The first-order valence-corrected chi connectivity index (χ1v) is 9.49. The van der Waals surface area contributed by atoms with Crippen LogP contribution in [0.5, 0.6) is 11.5 Å². The standard InChI is InChI=1S/C16H17Cl2NO4S/c1-22-12-5-7-13(8-6-12)23-10-9-19-24(20,21)11-14-15(17)3-2-4-16(14)18/h2-8,19H,9-11H2,1H3. The third kappa shape index (κ3) is 5.56. The van der Waals surface area contributed by atoms with E-state index in [1.165, 1.54) is 0 Å². The third-order valence-electron chi connectivity index (χ3n) is 3.15. The highest BCUT2D eigenvalue weighted by Gasteiger charge is 2.16. The minimum Gasteiger partial charge on any atom is -0.497 e. The molecule has 0 amide bonds. The van der Waals surface area contributed by atoms with Crippen LogP contribution in [0.3, 0.4) is 0 Å². The second-order valence-corrected chi connectivity index (χ2v) is 7.50. The zero-order valence-corrected chi connectivity index (χ0v) is 15.3. The summed E-state index contributed by atoms with van der Waals surface area (Å²) in [6.07, 6.45) is 0. The van der Waals surface area contributed by atoms with Crippen LogP contribution < -0.4 is 14.2 Å². The van der Waals surface area contributed by atoms with E-state index >= 15 is 0 Å². The molecule has 0 fully saturated rings. The van der Waals surface area contributed by atoms with Crippen LogP contribution in [0.1, 0.15) is 5.56 Å². The van der Waals surface area contributed by atoms with Crippen molar-refractivity contribution >= 4 is 33.2 Å². The average Bonchev–Trinajstić information content (AvgIpc) is 2.56. The summed E-state index contributed by atoms with van der Waals surface area (Å²) in [5, 5.41) is 0.643. The Hall–Kier alpha value is -1.47. The molecule has 0 aliphatic carbocycles. The van der Waals surface area contributed by atoms with Gasteiger partial charge in [0.2, 0.25) is 10.0 Å². The van der Waals surface area contributed by atoms with Gasteiger partial charge in [0.1, 0.15) is 18.1 Å². The van der Waals surface area contributed by atoms with Gasteiger partial charge in [-0.25, -0.2) is 13.1 Å². The fourth-order valence-electron chi connectivity index (χ4n) is 1.95. The van der Waals surface area contributed by atoms with Crippen LogP contribution >= 0.6 is 23.2 Å². The Morgan fingerprint density at radius 2 is 1.58 bits per heavy atom. The maximum absolute atomic E-state index is 12.1. The van der Waals surface area contributed by atoms with E-state index in [2.05, 4.69) is 4.72 Å². The summed E-state index contributed by atoms with van der Waals surface area (Å²) in [7, 11) is -1.98. The van der Waals surface area contributed by atoms with Gasteiger partial charge in [-0.15, -0.1) is 0 Å². The van der Waals surface area contributed by atoms with Crippen LogP contribution in [0.2, 0.25) is 10.0 Å². The number of halogens is 2. The second kappa shape index (κ2) is 8.58. The molecule has 5 nitrogen and oxygen atoms in total. The van der Waals surface area contributed by atoms with Crippen LogP contribution in [-0.2, 0) is 15.8 Å². The molecule has 1 N–H and O–H groups in total. The molecule has 8 heteroatoms. The van der Waals surface area contributed by atoms with Crippen molar-refractivity contribution in [3.8, 4) is 11.5 Å². The summed E-state index contributed by atoms with van der Waals surface area (Å²) in [5.41, 5.74) is 0.379. The lowest BCUT2D eigenvalue weighted by Gasteiger charge is -2.10. The van der Waals surface area contributed by atoms with Crippen molar-refractivity contribution in [3.05, 3.63) is 58.1 Å². The molecule has 2 rings (SSSR count). The summed E-state index contributed by atoms with van der Waals surface area (Å²) in [6, 6.07) is 11.9. The van der Waals surface area contributed by atoms with Crippen LogP contribution in [0, 0.1) is 0 Å². The quantitative estimate of drug-likeness (QED) is 0.701. The summed E-state index contributed by atoms with van der Waals surface area (Å²) in [6.45, 7) is 0.332. The Labute approximate surface area is 151 Å². The van der Waals surface area contributed by atoms with E-state index in [0.29, 0.717) is 21.4 Å². The lowest BCUT2D eigenvalue weighted by Crippen LogP contribution is -2.29. The van der Waals surface area contributed by atoms with Crippen molar-refractivity contribution in [2.45, 2.75) is 5.75 Å². The minimum atomic E-state index is -3.56. The van der Waals surface area contributed by atoms with E-state index in [4.69, 9.17) is 32.7 Å². The van der Waals surface area contributed by atoms with Gasteiger partial charge in [0.05, 0.1) is 12.9 Å². The van der Waals surface area contributed by atoms with E-state index in [0.717, 1.165) is 5.75 Å². The molecule has 0 aliphatic rings. The summed E-state index contributed by atoms with van der Waals surface area (Å²) >= 11 is 12.0. The SMILES string of the molecule is COc1ccc(OCCNS(=O)(=O)Cc2c(Cl)cccc2Cl)cc1. The number of hydrogen-bond acceptors (Lipinski definition) is 4. The van der Waals surface area contributed by atoms with Crippen molar-refractivity contribution in [3.63, 3.8) is 0 Å². The monoisotopic (exact) mass is 389 g/mol. The molecule has 0 bridgehead atoms. The molecular weight excluding hydrogens is 373 g/mol. The Kier molecular flexibility index (Phi) is 6.74. The number of rotatable bonds is 8. The lowest BCUT2D eigenvalue weighted by molar-refractivity contribution is 0.322. The topological polar surface area (TPSA) is 64.6 Å². The van der Waals surface area contributed by atoms with Gasteiger partial charge in [-0.3, -0.25) is 0 Å². The fourth-order valence-corrected chi connectivity index (χ4v) is 3.83. The van der Waals surface area contributed by atoms with E-state index in [1.807, 2.05) is 0 Å². The Bertz CT molecular complexity index is 759. The first-order valence-electron chi connectivity index (χ1n) is 7.08. The highest BCUT2D eigenvalue weighted by Crippen LogP contribution is 2.25. The normalized spacial score (nSPS) is 11.3. The maximum Gasteiger partial charge on any atom is 0.216 e. The molecule has 0 aromatic heterocycles. The minimum absolute atomic E-state index is 0.135. The molecule has 2 aromatic carbocycles. The molecule has 130 valence electrons. The van der Waals surface area contributed by atoms with Crippen LogP contribution in [-0.4, -0.2) is 28.7 Å². The average molecular weight is 390 g/mol. The zero-order valence-electron chi connectivity index (χ0n) is 13.0. The van der Waals surface area contributed by atoms with Gasteiger partial charge in [-0.05, 0) is 36.4 Å². The molecule has 0 spiro atoms. The zero-order chi connectivity index (χ0) is 17.6. The number of hydrogen-bond donors (Lipinski definition) is 1. The van der Waals surface area contributed by atoms with E-state index in [9.17, 15) is 8.42 Å². The van der Waals surface area contributed by atoms with Crippen molar-refractivity contribution in [2.75, 3.05) is 20.3 Å². The van der Waals surface area contributed by atoms with E-state index in [-0.39, 0.29) is 18.9 Å². The van der Waals surface area contributed by atoms with Crippen molar-refractivity contribution in [1.82, 2.24) is 4.72 Å². The Morgan fingerprint density at radius 3 is 2.17 bits per heavy atom. The van der Waals surface area contributed by atoms with Gasteiger partial charge in [-0.1, -0.05) is 29.3 Å². The van der Waals surface area contributed by atoms with Gasteiger partial charge in [0.25, 0.3) is 0 Å². The number of sulfonamides is 1. The van der Waals surface area contributed by atoms with Crippen LogP contribution in [0.15, 0.2) is 42.5 Å². The maximum atomic E-state index is 12.1. The van der Waals surface area contributed by atoms with Gasteiger partial charge in [-0.2, -0.15) is 0 Å². The first-order chi connectivity index (χ1) is 11.4. The molecule has 24 heavy (non-hydrogen) atoms. The van der Waals surface area contributed by atoms with Gasteiger partial charge >= 0.3 is 0 Å². The predicted molar refractivity (Wildman–Crippen MR) is 95.6 cm³/mol. The summed E-state index contributed by atoms with van der Waals surface area (Å²) in [4.78, 5) is 0. The predicted octanol–water partition coefficient (Wildman–Crippen LogP) is 3.50. The largest absolute Gasteiger partial charge is 0.497 e. The van der Waals surface area contributed by atoms with Crippen molar-refractivity contribution in [2.24, 2.45) is 0 Å². The molecular formula is C16H17Cl2NO4S. The second-order valence-electron chi connectivity index (χ2n) is 4.88. The van der Waals surface area contributed by atoms with E-state index < -0.39 is 10.0 Å². The third-order valence-corrected chi connectivity index (χ3v) is 5.17. The number of ether oxygens (including phenoxy) is 2. The molecule has 0 saturated carbocycles. The van der Waals surface area contributed by atoms with Gasteiger partial charge < -0.3 is 9.47 Å². The molecule has 0 saturated heterocycles. The number of methoxy groups -OCH3 is 1. The lowest BCUT2D eigenvalue weighted by atomic mass is 10.2. The van der Waals surface area contributed by atoms with E-state index in [1.54, 1.807) is 49.6 Å². The van der Waals surface area contributed by atoms with Crippen molar-refractivity contribution in [1.29, 1.82) is 0 Å². The highest BCUT2D eigenvalue weighted by molar-refractivity contribution is 7.88. The van der Waals surface area contributed by atoms with Crippen LogP contribution in [0.25, 0.3) is 0 Å². The fraction of sp³-hybridized carbons (Fsp3) is 0.250. The highest BCUT2D eigenvalue weighted by atomic mass is 35.5. The van der Waals surface area contributed by atoms with Gasteiger partial charge in [0.15, 0.2) is 0 Å². The number of nitrogens with one attached hydrogen (secondary N) is 1. The van der Waals surface area contributed by atoms with Crippen molar-refractivity contribution < 1.29 is 17.9 Å². The smallest absolute Gasteiger partial charge is 0.216 e. The summed E-state index contributed by atoms with van der Waals surface area (Å²) < 4.78 is 37.2. The molecule has 0 unspecified atom stereocenters. The Morgan fingerprint density at radius 1 is 1.00 bits per heavy atom. The molecule has 2 aromatic rings. The first kappa shape index (κ1) is 18.9. The Balaban J connectivity index is 1.84. The molecule has 0 radical (unpaired) electrons. The van der Waals surface area contributed by atoms with Gasteiger partial charge in [0, 0.05) is 22.2 Å². The molecule has 0 heterocycles. The number of benzene rings is 2.